The third-order valence-electron chi connectivity index (χ3n) is 14.2. The second kappa shape index (κ2) is 21.0. The molecule has 0 saturated heterocycles. The Morgan fingerprint density at radius 1 is 0.145 bits per heavy atom. The van der Waals surface area contributed by atoms with E-state index in [0.717, 1.165) is 122 Å². The molecule has 0 spiro atoms. The van der Waals surface area contributed by atoms with Gasteiger partial charge >= 0.3 is 0 Å². The van der Waals surface area contributed by atoms with Gasteiger partial charge in [-0.05, 0) is 226 Å². The van der Waals surface area contributed by atoms with E-state index in [4.69, 9.17) is 0 Å². The molecule has 2 heteroatoms. The van der Waals surface area contributed by atoms with Gasteiger partial charge in [-0.1, -0.05) is 188 Å². The lowest BCUT2D eigenvalue weighted by Crippen LogP contribution is -1.90. The van der Waals surface area contributed by atoms with Crippen LogP contribution in [0.15, 0.2) is 291 Å². The molecule has 0 radical (unpaired) electrons. The third kappa shape index (κ3) is 10.0. The zero-order chi connectivity index (χ0) is 51.2. The average Bonchev–Trinajstić information content (AvgIpc) is 3.53. The highest BCUT2D eigenvalue weighted by molar-refractivity contribution is 5.88. The summed E-state index contributed by atoms with van der Waals surface area (Å²) in [7, 11) is 0. The molecule has 0 aliphatic rings. The van der Waals surface area contributed by atoms with Gasteiger partial charge in [0.25, 0.3) is 0 Å². The van der Waals surface area contributed by atoms with Crippen molar-refractivity contribution in [2.24, 2.45) is 0 Å². The molecule has 0 amide bonds. The van der Waals surface area contributed by atoms with Crippen LogP contribution in [0.1, 0.15) is 11.1 Å². The van der Waals surface area contributed by atoms with Gasteiger partial charge in [0.1, 0.15) is 0 Å². The molecule has 0 aliphatic carbocycles. The standard InChI is InChI=1S/C74H48N2/c75-49-51-32-62(38-64(34-51)73-44-66(53-18-6-1-7-19-53)40-67(45-73)54-20-8-2-9-21-54)58-28-16-30-60(36-58)71-42-70(57-26-14-5-15-27-57)43-72(48-71)61-31-17-29-59(37-61)63-33-52(50-76)35-65(39-63)74-46-68(55-22-10-3-11-23-55)41-69(47-74)56-24-12-4-13-25-56/h1-48H. The summed E-state index contributed by atoms with van der Waals surface area (Å²) in [6, 6.07) is 107. The zero-order valence-corrected chi connectivity index (χ0v) is 41.6. The third-order valence-corrected chi connectivity index (χ3v) is 14.2. The van der Waals surface area contributed by atoms with Crippen LogP contribution in [0.25, 0.3) is 122 Å². The Morgan fingerprint density at radius 2 is 0.289 bits per heavy atom. The van der Waals surface area contributed by atoms with Gasteiger partial charge < -0.3 is 0 Å². The fourth-order valence-electron chi connectivity index (χ4n) is 10.3. The van der Waals surface area contributed by atoms with Crippen molar-refractivity contribution in [3.63, 3.8) is 0 Å². The van der Waals surface area contributed by atoms with Crippen molar-refractivity contribution in [3.8, 4) is 135 Å². The lowest BCUT2D eigenvalue weighted by atomic mass is 9.89. The summed E-state index contributed by atoms with van der Waals surface area (Å²) in [6.07, 6.45) is 0. The second-order valence-electron chi connectivity index (χ2n) is 19.2. The van der Waals surface area contributed by atoms with Crippen molar-refractivity contribution in [3.05, 3.63) is 302 Å². The molecule has 0 N–H and O–H groups in total. The maximum Gasteiger partial charge on any atom is 0.0992 e. The van der Waals surface area contributed by atoms with Gasteiger partial charge in [0.2, 0.25) is 0 Å². The van der Waals surface area contributed by atoms with Gasteiger partial charge in [-0.15, -0.1) is 0 Å². The quantitative estimate of drug-likeness (QED) is 0.130. The van der Waals surface area contributed by atoms with Gasteiger partial charge in [0.05, 0.1) is 23.3 Å². The first-order valence-electron chi connectivity index (χ1n) is 25.6. The zero-order valence-electron chi connectivity index (χ0n) is 41.6. The molecule has 12 aromatic rings. The monoisotopic (exact) mass is 964 g/mol. The minimum atomic E-state index is 0.600. The van der Waals surface area contributed by atoms with Crippen molar-refractivity contribution < 1.29 is 0 Å². The van der Waals surface area contributed by atoms with Crippen LogP contribution in [0.3, 0.4) is 0 Å². The Bertz CT molecular complexity index is 3780. The summed E-state index contributed by atoms with van der Waals surface area (Å²) in [5.74, 6) is 0. The van der Waals surface area contributed by atoms with Crippen LogP contribution >= 0.6 is 0 Å². The lowest BCUT2D eigenvalue weighted by Gasteiger charge is -2.15. The van der Waals surface area contributed by atoms with E-state index in [1.807, 2.05) is 48.5 Å². The molecular formula is C74H48N2. The van der Waals surface area contributed by atoms with Crippen LogP contribution in [0.2, 0.25) is 0 Å². The average molecular weight is 965 g/mol. The number of rotatable bonds is 11. The van der Waals surface area contributed by atoms with E-state index in [9.17, 15) is 10.5 Å². The van der Waals surface area contributed by atoms with Crippen molar-refractivity contribution in [1.82, 2.24) is 0 Å². The summed E-state index contributed by atoms with van der Waals surface area (Å²) < 4.78 is 0. The molecule has 76 heavy (non-hydrogen) atoms. The molecule has 0 aliphatic heterocycles. The summed E-state index contributed by atoms with van der Waals surface area (Å²) in [6.45, 7) is 0. The maximum atomic E-state index is 10.5. The van der Waals surface area contributed by atoms with E-state index in [1.165, 1.54) is 0 Å². The second-order valence-corrected chi connectivity index (χ2v) is 19.2. The van der Waals surface area contributed by atoms with E-state index in [0.29, 0.717) is 11.1 Å². The van der Waals surface area contributed by atoms with Crippen LogP contribution in [-0.4, -0.2) is 0 Å². The molecule has 0 bridgehead atoms. The Morgan fingerprint density at radius 3 is 0.500 bits per heavy atom. The molecule has 2 nitrogen and oxygen atoms in total. The first-order chi connectivity index (χ1) is 37.5. The highest BCUT2D eigenvalue weighted by atomic mass is 14.3. The Kier molecular flexibility index (Phi) is 12.9. The van der Waals surface area contributed by atoms with Gasteiger partial charge in [-0.25, -0.2) is 0 Å². The number of nitriles is 2. The molecule has 0 aromatic heterocycles. The molecule has 0 saturated carbocycles. The van der Waals surface area contributed by atoms with Crippen molar-refractivity contribution in [2.75, 3.05) is 0 Å². The Labute approximate surface area is 445 Å². The summed E-state index contributed by atoms with van der Waals surface area (Å²) in [5.41, 5.74) is 24.7. The van der Waals surface area contributed by atoms with E-state index in [-0.39, 0.29) is 0 Å². The first-order valence-corrected chi connectivity index (χ1v) is 25.6. The Balaban J connectivity index is 0.936. The van der Waals surface area contributed by atoms with Crippen LogP contribution in [0, 0.1) is 22.7 Å². The van der Waals surface area contributed by atoms with E-state index in [1.54, 1.807) is 0 Å². The molecule has 12 rings (SSSR count). The molecule has 0 heterocycles. The predicted molar refractivity (Wildman–Crippen MR) is 316 cm³/mol. The minimum Gasteiger partial charge on any atom is -0.192 e. The fourth-order valence-corrected chi connectivity index (χ4v) is 10.3. The highest BCUT2D eigenvalue weighted by Gasteiger charge is 2.15. The molecule has 0 unspecified atom stereocenters. The molecule has 12 aromatic carbocycles. The maximum absolute atomic E-state index is 10.5. The predicted octanol–water partition coefficient (Wildman–Crippen LogP) is 19.8. The van der Waals surface area contributed by atoms with E-state index >= 15 is 0 Å². The minimum absolute atomic E-state index is 0.600. The smallest absolute Gasteiger partial charge is 0.0992 e. The van der Waals surface area contributed by atoms with Crippen LogP contribution in [-0.2, 0) is 0 Å². The van der Waals surface area contributed by atoms with E-state index < -0.39 is 0 Å². The normalized spacial score (nSPS) is 10.9. The number of benzene rings is 12. The molecular weight excluding hydrogens is 917 g/mol. The summed E-state index contributed by atoms with van der Waals surface area (Å²) in [5, 5.41) is 20.9. The molecule has 0 atom stereocenters. The van der Waals surface area contributed by atoms with Gasteiger partial charge in [-0.3, -0.25) is 0 Å². The Hall–Kier alpha value is -10.4. The first kappa shape index (κ1) is 46.7. The van der Waals surface area contributed by atoms with Crippen LogP contribution in [0.5, 0.6) is 0 Å². The van der Waals surface area contributed by atoms with Gasteiger partial charge in [0, 0.05) is 0 Å². The van der Waals surface area contributed by atoms with E-state index in [2.05, 4.69) is 255 Å². The van der Waals surface area contributed by atoms with Crippen molar-refractivity contribution >= 4 is 0 Å². The number of hydrogen-bond acceptors (Lipinski definition) is 2. The fraction of sp³-hybridized carbons (Fsp3) is 0. The van der Waals surface area contributed by atoms with Gasteiger partial charge in [-0.2, -0.15) is 10.5 Å². The summed E-state index contributed by atoms with van der Waals surface area (Å²) >= 11 is 0. The highest BCUT2D eigenvalue weighted by Crippen LogP contribution is 2.40. The lowest BCUT2D eigenvalue weighted by molar-refractivity contribution is 1.47. The molecule has 0 fully saturated rings. The van der Waals surface area contributed by atoms with Crippen LogP contribution in [0.4, 0.5) is 0 Å². The number of hydrogen-bond donors (Lipinski definition) is 0. The van der Waals surface area contributed by atoms with Gasteiger partial charge in [0.15, 0.2) is 0 Å². The van der Waals surface area contributed by atoms with Crippen LogP contribution < -0.4 is 0 Å². The SMILES string of the molecule is N#Cc1cc(-c2cccc(-c3cc(-c4ccccc4)cc(-c4cccc(-c5cc(C#N)cc(-c6cc(-c7ccccc7)cc(-c7ccccc7)c6)c5)c4)c3)c2)cc(-c2cc(-c3ccccc3)cc(-c3ccccc3)c2)c1. The largest absolute Gasteiger partial charge is 0.192 e. The summed E-state index contributed by atoms with van der Waals surface area (Å²) in [4.78, 5) is 0. The topological polar surface area (TPSA) is 47.6 Å². The molecule has 354 valence electrons. The van der Waals surface area contributed by atoms with Crippen molar-refractivity contribution in [2.45, 2.75) is 0 Å². The van der Waals surface area contributed by atoms with Crippen molar-refractivity contribution in [1.29, 1.82) is 10.5 Å². The number of nitrogens with zero attached hydrogens (tertiary/aromatic N) is 2.